The van der Waals surface area contributed by atoms with Crippen LogP contribution in [-0.2, 0) is 29.0 Å². The lowest BCUT2D eigenvalue weighted by atomic mass is 10.2. The summed E-state index contributed by atoms with van der Waals surface area (Å²) in [7, 11) is 1.38. The monoisotopic (exact) mass is 327 g/mol. The fourth-order valence-corrected chi connectivity index (χ4v) is 2.98. The Balaban J connectivity index is 1.83. The molecule has 0 fully saturated rings. The van der Waals surface area contributed by atoms with Gasteiger partial charge in [0, 0.05) is 22.8 Å². The van der Waals surface area contributed by atoms with E-state index in [0.29, 0.717) is 19.5 Å². The van der Waals surface area contributed by atoms with E-state index in [1.807, 2.05) is 12.1 Å². The number of hydrogen-bond donors (Lipinski definition) is 1. The highest BCUT2D eigenvalue weighted by atomic mass is 35.5. The van der Waals surface area contributed by atoms with Gasteiger partial charge >= 0.3 is 5.97 Å². The number of benzene rings is 1. The molecule has 0 saturated carbocycles. The average molecular weight is 328 g/mol. The Labute approximate surface area is 131 Å². The summed E-state index contributed by atoms with van der Waals surface area (Å²) >= 11 is 7.30. The first-order valence-electron chi connectivity index (χ1n) is 6.37. The second-order valence-corrected chi connectivity index (χ2v) is 6.13. The Hall–Kier alpha value is -1.43. The van der Waals surface area contributed by atoms with E-state index in [4.69, 9.17) is 11.6 Å². The van der Waals surface area contributed by atoms with Gasteiger partial charge in [-0.25, -0.2) is 4.39 Å². The van der Waals surface area contributed by atoms with Gasteiger partial charge in [-0.05, 0) is 29.8 Å². The third kappa shape index (κ3) is 4.81. The van der Waals surface area contributed by atoms with Crippen LogP contribution < -0.4 is 5.32 Å². The highest BCUT2D eigenvalue weighted by Gasteiger charge is 2.06. The van der Waals surface area contributed by atoms with Crippen LogP contribution in [0, 0.1) is 5.82 Å². The Bertz CT molecular complexity index is 630. The van der Waals surface area contributed by atoms with E-state index in [-0.39, 0.29) is 11.0 Å². The molecule has 0 radical (unpaired) electrons. The van der Waals surface area contributed by atoms with Crippen molar-refractivity contribution in [1.82, 2.24) is 5.32 Å². The fraction of sp³-hybridized carbons (Fsp3) is 0.267. The van der Waals surface area contributed by atoms with Gasteiger partial charge in [0.2, 0.25) is 0 Å². The van der Waals surface area contributed by atoms with Crippen molar-refractivity contribution in [2.75, 3.05) is 7.11 Å². The van der Waals surface area contributed by atoms with Crippen molar-refractivity contribution in [3.63, 3.8) is 0 Å². The van der Waals surface area contributed by atoms with Gasteiger partial charge < -0.3 is 10.1 Å². The first kappa shape index (κ1) is 15.9. The Kier molecular flexibility index (Phi) is 5.73. The third-order valence-electron chi connectivity index (χ3n) is 2.88. The zero-order valence-electron chi connectivity index (χ0n) is 11.5. The van der Waals surface area contributed by atoms with Crippen LogP contribution in [0.15, 0.2) is 30.3 Å². The summed E-state index contributed by atoms with van der Waals surface area (Å²) < 4.78 is 17.7. The summed E-state index contributed by atoms with van der Waals surface area (Å²) in [5, 5.41) is 3.39. The molecule has 0 amide bonds. The van der Waals surface area contributed by atoms with Gasteiger partial charge in [-0.2, -0.15) is 0 Å². The number of ether oxygens (including phenoxy) is 1. The molecule has 0 atom stereocenters. The molecule has 0 spiro atoms. The molecule has 1 N–H and O–H groups in total. The number of esters is 1. The molecule has 0 aliphatic rings. The van der Waals surface area contributed by atoms with Gasteiger partial charge in [-0.15, -0.1) is 11.3 Å². The number of hydrogen-bond acceptors (Lipinski definition) is 4. The highest BCUT2D eigenvalue weighted by molar-refractivity contribution is 7.12. The minimum absolute atomic E-state index is 0.130. The van der Waals surface area contributed by atoms with Gasteiger partial charge in [0.05, 0.1) is 18.6 Å². The van der Waals surface area contributed by atoms with Gasteiger partial charge in [0.15, 0.2) is 0 Å². The second-order valence-electron chi connectivity index (χ2n) is 4.47. The van der Waals surface area contributed by atoms with E-state index in [0.717, 1.165) is 15.3 Å². The van der Waals surface area contributed by atoms with Crippen molar-refractivity contribution >= 4 is 28.9 Å². The Morgan fingerprint density at radius 3 is 2.76 bits per heavy atom. The fourth-order valence-electron chi connectivity index (χ4n) is 1.81. The van der Waals surface area contributed by atoms with Crippen molar-refractivity contribution in [3.8, 4) is 0 Å². The summed E-state index contributed by atoms with van der Waals surface area (Å²) in [4.78, 5) is 13.3. The summed E-state index contributed by atoms with van der Waals surface area (Å²) in [6.45, 7) is 1.28. The zero-order valence-corrected chi connectivity index (χ0v) is 13.1. The molecule has 1 aromatic heterocycles. The number of thiophene rings is 1. The summed E-state index contributed by atoms with van der Waals surface area (Å²) in [5.74, 6) is -0.650. The van der Waals surface area contributed by atoms with Crippen LogP contribution in [0.5, 0.6) is 0 Å². The van der Waals surface area contributed by atoms with Crippen LogP contribution >= 0.6 is 22.9 Å². The van der Waals surface area contributed by atoms with Gasteiger partial charge in [0.1, 0.15) is 5.82 Å². The maximum atomic E-state index is 13.0. The minimum Gasteiger partial charge on any atom is -0.469 e. The van der Waals surface area contributed by atoms with Crippen LogP contribution in [0.1, 0.15) is 15.3 Å². The topological polar surface area (TPSA) is 38.3 Å². The molecule has 0 bridgehead atoms. The second kappa shape index (κ2) is 7.54. The summed E-state index contributed by atoms with van der Waals surface area (Å²) in [5.41, 5.74) is 0.924. The van der Waals surface area contributed by atoms with Gasteiger partial charge in [-0.1, -0.05) is 17.7 Å². The maximum Gasteiger partial charge on any atom is 0.310 e. The van der Waals surface area contributed by atoms with Gasteiger partial charge in [0.25, 0.3) is 0 Å². The van der Waals surface area contributed by atoms with E-state index >= 15 is 0 Å². The molecule has 3 nitrogen and oxygen atoms in total. The molecule has 112 valence electrons. The number of rotatable bonds is 6. The molecule has 0 aliphatic heterocycles. The van der Waals surface area contributed by atoms with Crippen molar-refractivity contribution < 1.29 is 13.9 Å². The Morgan fingerprint density at radius 1 is 1.29 bits per heavy atom. The SMILES string of the molecule is COC(=O)Cc1ccc(CNCc2ccc(F)c(Cl)c2)s1. The molecular formula is C15H15ClFNO2S. The van der Waals surface area contributed by atoms with E-state index in [1.54, 1.807) is 23.5 Å². The molecule has 0 unspecified atom stereocenters. The molecule has 6 heteroatoms. The number of nitrogens with one attached hydrogen (secondary N) is 1. The lowest BCUT2D eigenvalue weighted by molar-refractivity contribution is -0.139. The van der Waals surface area contributed by atoms with Crippen molar-refractivity contribution in [3.05, 3.63) is 56.5 Å². The molecule has 1 heterocycles. The van der Waals surface area contributed by atoms with Crippen molar-refractivity contribution in [2.45, 2.75) is 19.5 Å². The largest absolute Gasteiger partial charge is 0.469 e. The van der Waals surface area contributed by atoms with E-state index in [1.165, 1.54) is 13.2 Å². The molecular weight excluding hydrogens is 313 g/mol. The van der Waals surface area contributed by atoms with Crippen LogP contribution in [0.3, 0.4) is 0 Å². The molecule has 0 saturated heterocycles. The third-order valence-corrected chi connectivity index (χ3v) is 4.25. The minimum atomic E-state index is -0.411. The van der Waals surface area contributed by atoms with Crippen LogP contribution in [-0.4, -0.2) is 13.1 Å². The van der Waals surface area contributed by atoms with E-state index in [9.17, 15) is 9.18 Å². The number of halogens is 2. The number of carbonyl (C=O) groups is 1. The maximum absolute atomic E-state index is 13.0. The van der Waals surface area contributed by atoms with Crippen LogP contribution in [0.25, 0.3) is 0 Å². The van der Waals surface area contributed by atoms with Crippen molar-refractivity contribution in [2.24, 2.45) is 0 Å². The molecule has 2 aromatic rings. The van der Waals surface area contributed by atoms with Crippen LogP contribution in [0.2, 0.25) is 5.02 Å². The molecule has 0 aliphatic carbocycles. The van der Waals surface area contributed by atoms with Crippen molar-refractivity contribution in [1.29, 1.82) is 0 Å². The molecule has 2 rings (SSSR count). The van der Waals surface area contributed by atoms with E-state index < -0.39 is 5.82 Å². The molecule has 21 heavy (non-hydrogen) atoms. The van der Waals surface area contributed by atoms with E-state index in [2.05, 4.69) is 10.1 Å². The predicted molar refractivity (Wildman–Crippen MR) is 82.0 cm³/mol. The zero-order chi connectivity index (χ0) is 15.2. The lowest BCUT2D eigenvalue weighted by Gasteiger charge is -2.04. The smallest absolute Gasteiger partial charge is 0.310 e. The summed E-state index contributed by atoms with van der Waals surface area (Å²) in [6, 6.07) is 8.58. The first-order chi connectivity index (χ1) is 10.1. The summed E-state index contributed by atoms with van der Waals surface area (Å²) in [6.07, 6.45) is 0.300. The highest BCUT2D eigenvalue weighted by Crippen LogP contribution is 2.18. The normalized spacial score (nSPS) is 10.6. The van der Waals surface area contributed by atoms with Gasteiger partial charge in [-0.3, -0.25) is 4.79 Å². The Morgan fingerprint density at radius 2 is 2.05 bits per heavy atom. The molecule has 1 aromatic carbocycles. The standard InChI is InChI=1S/C15H15ClFNO2S/c1-20-15(19)7-11-3-4-12(21-11)9-18-8-10-2-5-14(17)13(16)6-10/h2-6,18H,7-9H2,1H3. The average Bonchev–Trinajstić information content (AvgIpc) is 2.90. The number of carbonyl (C=O) groups excluding carboxylic acids is 1. The quantitative estimate of drug-likeness (QED) is 0.825. The first-order valence-corrected chi connectivity index (χ1v) is 7.57. The predicted octanol–water partition coefficient (Wildman–Crippen LogP) is 3.55. The van der Waals surface area contributed by atoms with Crippen LogP contribution in [0.4, 0.5) is 4.39 Å². The lowest BCUT2D eigenvalue weighted by Crippen LogP contribution is -2.11. The number of methoxy groups -OCH3 is 1.